The molecule has 12 heteroatoms. The maximum absolute atomic E-state index is 13.0. The second-order valence-electron chi connectivity index (χ2n) is 7.05. The van der Waals surface area contributed by atoms with E-state index in [1.165, 1.54) is 7.11 Å². The Morgan fingerprint density at radius 3 is 2.23 bits per heavy atom. The van der Waals surface area contributed by atoms with Gasteiger partial charge in [0.15, 0.2) is 0 Å². The van der Waals surface area contributed by atoms with E-state index in [1.807, 2.05) is 0 Å². The van der Waals surface area contributed by atoms with Crippen LogP contribution in [0.1, 0.15) is 41.2 Å². The lowest BCUT2D eigenvalue weighted by atomic mass is 10.00. The topological polar surface area (TPSA) is 72.3 Å². The molecule has 192 valence electrons. The van der Waals surface area contributed by atoms with Crippen molar-refractivity contribution in [3.8, 4) is 0 Å². The Morgan fingerprint density at radius 1 is 1.06 bits per heavy atom. The molecule has 1 amide bonds. The monoisotopic (exact) mass is 505 g/mol. The van der Waals surface area contributed by atoms with E-state index < -0.39 is 30.0 Å². The minimum absolute atomic E-state index is 0.209. The van der Waals surface area contributed by atoms with Crippen LogP contribution in [-0.4, -0.2) is 38.2 Å². The van der Waals surface area contributed by atoms with Crippen LogP contribution in [0.2, 0.25) is 0 Å². The molecule has 35 heavy (non-hydrogen) atoms. The molecule has 0 heterocycles. The van der Waals surface area contributed by atoms with Crippen LogP contribution in [0.4, 0.5) is 26.3 Å². The van der Waals surface area contributed by atoms with Gasteiger partial charge in [0.1, 0.15) is 13.7 Å². The average molecular weight is 505 g/mol. The van der Waals surface area contributed by atoms with Gasteiger partial charge in [-0.15, -0.1) is 0 Å². The summed E-state index contributed by atoms with van der Waals surface area (Å²) < 4.78 is 77.9. The van der Waals surface area contributed by atoms with E-state index in [9.17, 15) is 26.3 Å². The number of halogens is 6. The fourth-order valence-electron chi connectivity index (χ4n) is 2.85. The summed E-state index contributed by atoms with van der Waals surface area (Å²) in [6.07, 6.45) is -10.3. The molecule has 2 aromatic rings. The molecule has 0 radical (unpaired) electrons. The zero-order valence-electron chi connectivity index (χ0n) is 19.4. The van der Waals surface area contributed by atoms with Crippen molar-refractivity contribution in [2.45, 2.75) is 39.2 Å². The Balaban J connectivity index is 0.00000142. The van der Waals surface area contributed by atoms with Crippen molar-refractivity contribution < 1.29 is 40.8 Å². The number of alkyl halides is 6. The van der Waals surface area contributed by atoms with Gasteiger partial charge in [0.05, 0.1) is 23.4 Å². The van der Waals surface area contributed by atoms with Gasteiger partial charge in [-0.3, -0.25) is 4.79 Å². The number of aryl methyl sites for hydroxylation is 1. The molecule has 6 nitrogen and oxygen atoms in total. The van der Waals surface area contributed by atoms with Crippen molar-refractivity contribution in [1.29, 1.82) is 0 Å². The minimum atomic E-state index is -4.70. The summed E-state index contributed by atoms with van der Waals surface area (Å²) >= 11 is 0. The summed E-state index contributed by atoms with van der Waals surface area (Å²) in [6, 6.07) is 8.80. The van der Waals surface area contributed by atoms with Crippen LogP contribution < -0.4 is 5.32 Å². The number of nitrogens with zero attached hydrogens (tertiary/aromatic N) is 2. The molecule has 0 aliphatic rings. The van der Waals surface area contributed by atoms with Crippen molar-refractivity contribution in [2.75, 3.05) is 14.2 Å². The van der Waals surface area contributed by atoms with Gasteiger partial charge in [0, 0.05) is 23.7 Å². The molecule has 0 aliphatic heterocycles. The van der Waals surface area contributed by atoms with Crippen LogP contribution >= 0.6 is 0 Å². The zero-order chi connectivity index (χ0) is 26.6. The van der Waals surface area contributed by atoms with E-state index in [-0.39, 0.29) is 12.2 Å². The fourth-order valence-corrected chi connectivity index (χ4v) is 2.85. The van der Waals surface area contributed by atoms with E-state index in [2.05, 4.69) is 15.6 Å². The highest BCUT2D eigenvalue weighted by Crippen LogP contribution is 2.31. The first-order chi connectivity index (χ1) is 16.3. The number of oxime groups is 2. The molecule has 1 N–H and O–H groups in total. The van der Waals surface area contributed by atoms with Crippen molar-refractivity contribution in [2.24, 2.45) is 10.3 Å². The molecule has 0 unspecified atom stereocenters. The number of carbonyl (C=O) groups is 1. The number of hydrogen-bond acceptors (Lipinski definition) is 5. The molecule has 0 fully saturated rings. The lowest BCUT2D eigenvalue weighted by molar-refractivity contribution is -0.137. The van der Waals surface area contributed by atoms with Crippen LogP contribution in [0, 0.1) is 6.92 Å². The fraction of sp³-hybridized carbons (Fsp3) is 0.348. The molecule has 0 spiro atoms. The van der Waals surface area contributed by atoms with Gasteiger partial charge in [-0.1, -0.05) is 40.6 Å². The predicted octanol–water partition coefficient (Wildman–Crippen LogP) is 5.62. The van der Waals surface area contributed by atoms with Crippen molar-refractivity contribution in [3.05, 3.63) is 70.3 Å². The average Bonchev–Trinajstić information content (AvgIpc) is 2.78. The van der Waals surface area contributed by atoms with Crippen molar-refractivity contribution in [3.63, 3.8) is 0 Å². The largest absolute Gasteiger partial charge is 0.416 e. The number of carbonyl (C=O) groups excluding carboxylic acids is 1. The molecule has 0 saturated heterocycles. The Labute approximate surface area is 198 Å². The first kappa shape index (κ1) is 29.5. The highest BCUT2D eigenvalue weighted by molar-refractivity contribution is 6.01. The van der Waals surface area contributed by atoms with Gasteiger partial charge in [0.25, 0.3) is 0 Å². The van der Waals surface area contributed by atoms with Crippen LogP contribution in [-0.2, 0) is 27.3 Å². The van der Waals surface area contributed by atoms with E-state index in [1.54, 1.807) is 39.1 Å². The molecule has 0 bridgehead atoms. The van der Waals surface area contributed by atoms with Gasteiger partial charge in [0.2, 0.25) is 6.41 Å². The van der Waals surface area contributed by atoms with Crippen LogP contribution in [0.15, 0.2) is 52.8 Å². The van der Waals surface area contributed by atoms with E-state index in [0.29, 0.717) is 29.3 Å². The molecule has 0 saturated carbocycles. The lowest BCUT2D eigenvalue weighted by Gasteiger charge is -2.14. The van der Waals surface area contributed by atoms with Gasteiger partial charge in [-0.05, 0) is 31.5 Å². The number of rotatable bonds is 8. The van der Waals surface area contributed by atoms with E-state index >= 15 is 0 Å². The van der Waals surface area contributed by atoms with Crippen LogP contribution in [0.25, 0.3) is 0 Å². The molecule has 0 aromatic heterocycles. The Hall–Kier alpha value is -3.57. The van der Waals surface area contributed by atoms with E-state index in [4.69, 9.17) is 14.5 Å². The van der Waals surface area contributed by atoms with Gasteiger partial charge < -0.3 is 15.0 Å². The number of benzene rings is 2. The summed E-state index contributed by atoms with van der Waals surface area (Å²) in [6.45, 7) is 3.25. The summed E-state index contributed by atoms with van der Waals surface area (Å²) in [7, 11) is 2.94. The molecule has 0 atom stereocenters. The second-order valence-corrected chi connectivity index (χ2v) is 7.05. The lowest BCUT2D eigenvalue weighted by Crippen LogP contribution is -2.17. The third-order valence-electron chi connectivity index (χ3n) is 4.42. The first-order valence-electron chi connectivity index (χ1n) is 10.0. The van der Waals surface area contributed by atoms with Gasteiger partial charge in [-0.2, -0.15) is 26.3 Å². The third kappa shape index (κ3) is 10.1. The summed E-state index contributed by atoms with van der Waals surface area (Å²) in [4.78, 5) is 19.0. The SMILES string of the molecule is CNC=O.CO/N=C(/C)c1cccc(C)c1CO/N=C(\CC(F)(F)F)c1cccc(C(F)(F)F)c1. The maximum atomic E-state index is 13.0. The quantitative estimate of drug-likeness (QED) is 0.219. The number of hydrogen-bond donors (Lipinski definition) is 1. The first-order valence-corrected chi connectivity index (χ1v) is 10.0. The van der Waals surface area contributed by atoms with Crippen LogP contribution in [0.3, 0.4) is 0 Å². The summed E-state index contributed by atoms with van der Waals surface area (Å²) in [5.74, 6) is 0. The second kappa shape index (κ2) is 13.4. The Bertz CT molecular complexity index is 1030. The highest BCUT2D eigenvalue weighted by Gasteiger charge is 2.33. The zero-order valence-corrected chi connectivity index (χ0v) is 19.4. The molecule has 2 aromatic carbocycles. The van der Waals surface area contributed by atoms with Gasteiger partial charge in [-0.25, -0.2) is 0 Å². The van der Waals surface area contributed by atoms with E-state index in [0.717, 1.165) is 23.8 Å². The van der Waals surface area contributed by atoms with Crippen LogP contribution in [0.5, 0.6) is 0 Å². The predicted molar refractivity (Wildman–Crippen MR) is 119 cm³/mol. The van der Waals surface area contributed by atoms with Crippen molar-refractivity contribution in [1.82, 2.24) is 5.32 Å². The smallest absolute Gasteiger partial charge is 0.399 e. The molecular formula is C23H25F6N3O3. The standard InChI is InChI=1S/C21H20F6N2O2.C2H5NO/c1-13-6-4-9-17(14(2)28-30-3)18(13)12-31-29-19(11-20(22,23)24)15-7-5-8-16(10-15)21(25,26)27;1-3-2-4/h4-10H,11-12H2,1-3H3;2H,1H3,(H,3,4)/b28-14-,29-19+;. The van der Waals surface area contributed by atoms with Crippen molar-refractivity contribution >= 4 is 17.8 Å². The number of amides is 1. The maximum Gasteiger partial charge on any atom is 0.416 e. The molecular weight excluding hydrogens is 480 g/mol. The van der Waals surface area contributed by atoms with Gasteiger partial charge >= 0.3 is 12.4 Å². The number of nitrogens with one attached hydrogen (secondary N) is 1. The normalized spacial score (nSPS) is 12.4. The Kier molecular flexibility index (Phi) is 11.2. The summed E-state index contributed by atoms with van der Waals surface area (Å²) in [5.41, 5.74) is 0.489. The highest BCUT2D eigenvalue weighted by atomic mass is 19.4. The Morgan fingerprint density at radius 2 is 1.69 bits per heavy atom. The summed E-state index contributed by atoms with van der Waals surface area (Å²) in [5, 5.41) is 9.63. The third-order valence-corrected chi connectivity index (χ3v) is 4.42. The molecule has 0 aliphatic carbocycles. The molecule has 2 rings (SSSR count). The minimum Gasteiger partial charge on any atom is -0.399 e.